The van der Waals surface area contributed by atoms with Crippen molar-refractivity contribution in [3.8, 4) is 28.7 Å². The standard InChI is InChI=1S/C25H23N3O3/c1-16-8-4-5-9-20(16)25-28-27-24(31-25)19-14-12-18(13-15-19)23(29)26-17(2)21-10-6-7-11-22(21)30-3/h4-15,17H,1-3H3,(H,26,29)/t17-/m0/s1. The number of carbonyl (C=O) groups is 1. The normalized spacial score (nSPS) is 11.7. The smallest absolute Gasteiger partial charge is 0.251 e. The summed E-state index contributed by atoms with van der Waals surface area (Å²) < 4.78 is 11.2. The number of aromatic nitrogens is 2. The molecule has 6 nitrogen and oxygen atoms in total. The highest BCUT2D eigenvalue weighted by Gasteiger charge is 2.16. The fourth-order valence-corrected chi connectivity index (χ4v) is 3.41. The second kappa shape index (κ2) is 8.83. The van der Waals surface area contributed by atoms with Gasteiger partial charge in [0.1, 0.15) is 5.75 Å². The monoisotopic (exact) mass is 413 g/mol. The quantitative estimate of drug-likeness (QED) is 0.469. The summed E-state index contributed by atoms with van der Waals surface area (Å²) in [5.41, 5.74) is 4.19. The van der Waals surface area contributed by atoms with E-state index in [-0.39, 0.29) is 11.9 Å². The van der Waals surface area contributed by atoms with Crippen molar-refractivity contribution < 1.29 is 13.9 Å². The Bertz CT molecular complexity index is 1200. The van der Waals surface area contributed by atoms with Gasteiger partial charge in [0.05, 0.1) is 13.2 Å². The molecule has 31 heavy (non-hydrogen) atoms. The predicted molar refractivity (Wildman–Crippen MR) is 119 cm³/mol. The van der Waals surface area contributed by atoms with Gasteiger partial charge in [0.2, 0.25) is 11.8 Å². The minimum atomic E-state index is -0.198. The van der Waals surface area contributed by atoms with Crippen LogP contribution in [0, 0.1) is 6.92 Å². The van der Waals surface area contributed by atoms with Crippen molar-refractivity contribution in [1.82, 2.24) is 15.5 Å². The van der Waals surface area contributed by atoms with E-state index in [4.69, 9.17) is 9.15 Å². The summed E-state index contributed by atoms with van der Waals surface area (Å²) >= 11 is 0. The fraction of sp³-hybridized carbons (Fsp3) is 0.160. The van der Waals surface area contributed by atoms with E-state index in [1.165, 1.54) is 0 Å². The molecule has 0 saturated carbocycles. The zero-order valence-electron chi connectivity index (χ0n) is 17.6. The molecule has 6 heteroatoms. The second-order valence-corrected chi connectivity index (χ2v) is 7.24. The molecular formula is C25H23N3O3. The van der Waals surface area contributed by atoms with Crippen molar-refractivity contribution >= 4 is 5.91 Å². The van der Waals surface area contributed by atoms with Gasteiger partial charge in [0.25, 0.3) is 5.91 Å². The number of nitrogens with zero attached hydrogens (tertiary/aromatic N) is 2. The number of ether oxygens (including phenoxy) is 1. The van der Waals surface area contributed by atoms with Gasteiger partial charge in [-0.05, 0) is 55.8 Å². The van der Waals surface area contributed by atoms with Gasteiger partial charge in [-0.1, -0.05) is 36.4 Å². The summed E-state index contributed by atoms with van der Waals surface area (Å²) in [6, 6.07) is 22.4. The Kier molecular flexibility index (Phi) is 5.80. The van der Waals surface area contributed by atoms with Crippen LogP contribution < -0.4 is 10.1 Å². The first-order valence-corrected chi connectivity index (χ1v) is 10.0. The number of carbonyl (C=O) groups excluding carboxylic acids is 1. The molecule has 156 valence electrons. The van der Waals surface area contributed by atoms with E-state index in [1.807, 2.05) is 62.4 Å². The Balaban J connectivity index is 1.48. The largest absolute Gasteiger partial charge is 0.496 e. The third kappa shape index (κ3) is 4.33. The molecule has 1 atom stereocenters. The zero-order valence-corrected chi connectivity index (χ0v) is 17.6. The van der Waals surface area contributed by atoms with Crippen molar-refractivity contribution in [3.63, 3.8) is 0 Å². The highest BCUT2D eigenvalue weighted by atomic mass is 16.5. The molecular weight excluding hydrogens is 390 g/mol. The van der Waals surface area contributed by atoms with Crippen LogP contribution >= 0.6 is 0 Å². The Hall–Kier alpha value is -3.93. The lowest BCUT2D eigenvalue weighted by Gasteiger charge is -2.17. The first kappa shape index (κ1) is 20.3. The molecule has 0 saturated heterocycles. The first-order chi connectivity index (χ1) is 15.1. The number of para-hydroxylation sites is 1. The zero-order chi connectivity index (χ0) is 21.8. The van der Waals surface area contributed by atoms with E-state index in [0.29, 0.717) is 17.3 Å². The van der Waals surface area contributed by atoms with Crippen molar-refractivity contribution in [2.45, 2.75) is 19.9 Å². The van der Waals surface area contributed by atoms with E-state index < -0.39 is 0 Å². The lowest BCUT2D eigenvalue weighted by atomic mass is 10.1. The molecule has 0 aliphatic heterocycles. The molecule has 4 rings (SSSR count). The SMILES string of the molecule is COc1ccccc1[C@H](C)NC(=O)c1ccc(-c2nnc(-c3ccccc3C)o2)cc1. The molecule has 3 aromatic carbocycles. The average Bonchev–Trinajstić information content (AvgIpc) is 3.29. The van der Waals surface area contributed by atoms with Gasteiger partial charge >= 0.3 is 0 Å². The first-order valence-electron chi connectivity index (χ1n) is 10.0. The molecule has 1 amide bonds. The number of hydrogen-bond acceptors (Lipinski definition) is 5. The number of benzene rings is 3. The van der Waals surface area contributed by atoms with Crippen molar-refractivity contribution in [2.24, 2.45) is 0 Å². The van der Waals surface area contributed by atoms with Crippen molar-refractivity contribution in [3.05, 3.63) is 89.5 Å². The summed E-state index contributed by atoms with van der Waals surface area (Å²) in [5.74, 6) is 1.45. The predicted octanol–water partition coefficient (Wildman–Crippen LogP) is 5.21. The number of nitrogens with one attached hydrogen (secondary N) is 1. The molecule has 0 spiro atoms. The van der Waals surface area contributed by atoms with Gasteiger partial charge < -0.3 is 14.5 Å². The molecule has 0 radical (unpaired) electrons. The molecule has 1 heterocycles. The van der Waals surface area contributed by atoms with Crippen LogP contribution in [0.2, 0.25) is 0 Å². The van der Waals surface area contributed by atoms with Gasteiger partial charge in [0.15, 0.2) is 0 Å². The van der Waals surface area contributed by atoms with E-state index >= 15 is 0 Å². The fourth-order valence-electron chi connectivity index (χ4n) is 3.41. The molecule has 0 bridgehead atoms. The number of rotatable bonds is 6. The summed E-state index contributed by atoms with van der Waals surface area (Å²) in [4.78, 5) is 12.7. The number of methoxy groups -OCH3 is 1. The van der Waals surface area contributed by atoms with Gasteiger partial charge in [-0.3, -0.25) is 4.79 Å². The van der Waals surface area contributed by atoms with Crippen LogP contribution in [-0.4, -0.2) is 23.2 Å². The van der Waals surface area contributed by atoms with Gasteiger partial charge in [-0.25, -0.2) is 0 Å². The van der Waals surface area contributed by atoms with Crippen LogP contribution in [0.5, 0.6) is 5.75 Å². The van der Waals surface area contributed by atoms with Crippen LogP contribution in [0.1, 0.15) is 34.5 Å². The topological polar surface area (TPSA) is 77.2 Å². The maximum atomic E-state index is 12.7. The summed E-state index contributed by atoms with van der Waals surface area (Å²) in [7, 11) is 1.62. The third-order valence-electron chi connectivity index (χ3n) is 5.15. The van der Waals surface area contributed by atoms with E-state index in [0.717, 1.165) is 28.0 Å². The molecule has 0 unspecified atom stereocenters. The van der Waals surface area contributed by atoms with Crippen LogP contribution in [0.25, 0.3) is 22.9 Å². The summed E-state index contributed by atoms with van der Waals surface area (Å²) in [6.07, 6.45) is 0. The average molecular weight is 413 g/mol. The lowest BCUT2D eigenvalue weighted by molar-refractivity contribution is 0.0939. The lowest BCUT2D eigenvalue weighted by Crippen LogP contribution is -2.26. The molecule has 0 aliphatic carbocycles. The second-order valence-electron chi connectivity index (χ2n) is 7.24. The maximum Gasteiger partial charge on any atom is 0.251 e. The highest BCUT2D eigenvalue weighted by molar-refractivity contribution is 5.94. The number of hydrogen-bond donors (Lipinski definition) is 1. The number of aryl methyl sites for hydroxylation is 1. The van der Waals surface area contributed by atoms with E-state index in [1.54, 1.807) is 31.4 Å². The van der Waals surface area contributed by atoms with Crippen LogP contribution in [0.4, 0.5) is 0 Å². The maximum absolute atomic E-state index is 12.7. The van der Waals surface area contributed by atoms with Crippen molar-refractivity contribution in [1.29, 1.82) is 0 Å². The van der Waals surface area contributed by atoms with Crippen LogP contribution in [0.3, 0.4) is 0 Å². The van der Waals surface area contributed by atoms with E-state index in [9.17, 15) is 4.79 Å². The van der Waals surface area contributed by atoms with Crippen molar-refractivity contribution in [2.75, 3.05) is 7.11 Å². The summed E-state index contributed by atoms with van der Waals surface area (Å²) in [6.45, 7) is 3.92. The van der Waals surface area contributed by atoms with Gasteiger partial charge in [0, 0.05) is 22.3 Å². The molecule has 0 aliphatic rings. The minimum Gasteiger partial charge on any atom is -0.496 e. The highest BCUT2D eigenvalue weighted by Crippen LogP contribution is 2.27. The summed E-state index contributed by atoms with van der Waals surface area (Å²) in [5, 5.41) is 11.3. The number of amides is 1. The Morgan fingerprint density at radius 1 is 0.935 bits per heavy atom. The van der Waals surface area contributed by atoms with Gasteiger partial charge in [-0.2, -0.15) is 0 Å². The Morgan fingerprint density at radius 2 is 1.61 bits per heavy atom. The Labute approximate surface area is 180 Å². The Morgan fingerprint density at radius 3 is 2.35 bits per heavy atom. The molecule has 4 aromatic rings. The molecule has 0 fully saturated rings. The van der Waals surface area contributed by atoms with Crippen LogP contribution in [-0.2, 0) is 0 Å². The van der Waals surface area contributed by atoms with Gasteiger partial charge in [-0.15, -0.1) is 10.2 Å². The molecule has 1 aromatic heterocycles. The third-order valence-corrected chi connectivity index (χ3v) is 5.15. The van der Waals surface area contributed by atoms with E-state index in [2.05, 4.69) is 15.5 Å². The van der Waals surface area contributed by atoms with Crippen LogP contribution in [0.15, 0.2) is 77.2 Å². The minimum absolute atomic E-state index is 0.170. The molecule has 1 N–H and O–H groups in total.